The first-order valence-corrected chi connectivity index (χ1v) is 8.60. The van der Waals surface area contributed by atoms with E-state index in [0.29, 0.717) is 5.75 Å². The minimum absolute atomic E-state index is 0.0389. The van der Waals surface area contributed by atoms with Crippen molar-refractivity contribution in [1.29, 1.82) is 0 Å². The molecule has 2 aromatic rings. The van der Waals surface area contributed by atoms with Crippen molar-refractivity contribution < 1.29 is 29.4 Å². The number of aromatic hydroxyl groups is 1. The van der Waals surface area contributed by atoms with Crippen molar-refractivity contribution in [3.05, 3.63) is 64.2 Å². The molecule has 0 spiro atoms. The van der Waals surface area contributed by atoms with Crippen LogP contribution in [0.25, 0.3) is 0 Å². The van der Waals surface area contributed by atoms with E-state index in [1.165, 1.54) is 36.4 Å². The molecule has 2 rings (SSSR count). The molecule has 1 unspecified atom stereocenters. The second-order valence-corrected chi connectivity index (χ2v) is 6.15. The van der Waals surface area contributed by atoms with Crippen LogP contribution in [0.3, 0.4) is 0 Å². The molecule has 0 saturated heterocycles. The summed E-state index contributed by atoms with van der Waals surface area (Å²) in [4.78, 5) is 22.0. The van der Waals surface area contributed by atoms with Gasteiger partial charge in [-0.2, -0.15) is 0 Å². The Morgan fingerprint density at radius 3 is 2.39 bits per heavy atom. The van der Waals surface area contributed by atoms with Gasteiger partial charge in [0.25, 0.3) is 5.69 Å². The number of rotatable bonds is 10. The molecule has 0 fully saturated rings. The number of benzene rings is 2. The molecule has 0 aromatic heterocycles. The average Bonchev–Trinajstić information content (AvgIpc) is 2.68. The van der Waals surface area contributed by atoms with Crippen molar-refractivity contribution in [3.8, 4) is 11.5 Å². The Balaban J connectivity index is 1.66. The first kappa shape index (κ1) is 21.1. The first-order valence-electron chi connectivity index (χ1n) is 8.60. The number of esters is 1. The lowest BCUT2D eigenvalue weighted by molar-refractivity contribution is -0.384. The molecule has 0 heterocycles. The molecule has 4 N–H and O–H groups in total. The zero-order chi connectivity index (χ0) is 20.5. The predicted molar refractivity (Wildman–Crippen MR) is 100.0 cm³/mol. The van der Waals surface area contributed by atoms with E-state index in [9.17, 15) is 25.1 Å². The molecule has 2 atom stereocenters. The lowest BCUT2D eigenvalue weighted by Crippen LogP contribution is -2.36. The molecule has 0 saturated carbocycles. The maximum atomic E-state index is 11.9. The highest BCUT2D eigenvalue weighted by atomic mass is 16.6. The molecular weight excluding hydrogens is 368 g/mol. The summed E-state index contributed by atoms with van der Waals surface area (Å²) in [5.74, 6) is -0.0758. The third-order valence-electron chi connectivity index (χ3n) is 3.88. The largest absolute Gasteiger partial charge is 0.508 e. The van der Waals surface area contributed by atoms with Crippen molar-refractivity contribution in [2.45, 2.75) is 25.0 Å². The average molecular weight is 390 g/mol. The Morgan fingerprint density at radius 2 is 1.79 bits per heavy atom. The van der Waals surface area contributed by atoms with Crippen LogP contribution >= 0.6 is 0 Å². The summed E-state index contributed by atoms with van der Waals surface area (Å²) >= 11 is 0. The SMILES string of the molecule is N[C@@H](Cc1ccc(O)cc1)C(=O)OCC(O)CCOc1ccc([N+](=O)[O-])cc1. The van der Waals surface area contributed by atoms with Gasteiger partial charge in [0.2, 0.25) is 0 Å². The van der Waals surface area contributed by atoms with E-state index in [1.54, 1.807) is 12.1 Å². The number of aliphatic hydroxyl groups excluding tert-OH is 1. The van der Waals surface area contributed by atoms with Gasteiger partial charge in [0.05, 0.1) is 17.6 Å². The molecule has 2 aromatic carbocycles. The van der Waals surface area contributed by atoms with Gasteiger partial charge in [-0.1, -0.05) is 12.1 Å². The number of carbonyl (C=O) groups is 1. The number of hydrogen-bond acceptors (Lipinski definition) is 8. The normalized spacial score (nSPS) is 12.8. The zero-order valence-corrected chi connectivity index (χ0v) is 15.1. The third kappa shape index (κ3) is 6.86. The molecular formula is C19H22N2O7. The van der Waals surface area contributed by atoms with Crippen LogP contribution in [0.4, 0.5) is 5.69 Å². The van der Waals surface area contributed by atoms with Gasteiger partial charge >= 0.3 is 5.97 Å². The Kier molecular flexibility index (Phi) is 7.73. The summed E-state index contributed by atoms with van der Waals surface area (Å²) in [5.41, 5.74) is 6.53. The molecule has 0 radical (unpaired) electrons. The molecule has 9 heteroatoms. The van der Waals surface area contributed by atoms with E-state index >= 15 is 0 Å². The number of nitro benzene ring substituents is 1. The fourth-order valence-corrected chi connectivity index (χ4v) is 2.31. The molecule has 28 heavy (non-hydrogen) atoms. The summed E-state index contributed by atoms with van der Waals surface area (Å²) < 4.78 is 10.4. The molecule has 0 amide bonds. The minimum Gasteiger partial charge on any atom is -0.508 e. The number of nitro groups is 1. The summed E-state index contributed by atoms with van der Waals surface area (Å²) in [6.07, 6.45) is -0.474. The lowest BCUT2D eigenvalue weighted by Gasteiger charge is -2.15. The molecule has 0 aliphatic rings. The number of nitrogens with zero attached hydrogens (tertiary/aromatic N) is 1. The molecule has 0 bridgehead atoms. The van der Waals surface area contributed by atoms with E-state index in [4.69, 9.17) is 15.2 Å². The number of phenols is 1. The van der Waals surface area contributed by atoms with E-state index in [2.05, 4.69) is 0 Å². The van der Waals surface area contributed by atoms with Crippen molar-refractivity contribution in [3.63, 3.8) is 0 Å². The maximum absolute atomic E-state index is 11.9. The zero-order valence-electron chi connectivity index (χ0n) is 15.1. The molecule has 0 aliphatic heterocycles. The van der Waals surface area contributed by atoms with Gasteiger partial charge in [0.1, 0.15) is 24.1 Å². The van der Waals surface area contributed by atoms with Crippen LogP contribution in [-0.4, -0.2) is 46.5 Å². The number of non-ortho nitro benzene ring substituents is 1. The van der Waals surface area contributed by atoms with Crippen LogP contribution < -0.4 is 10.5 Å². The lowest BCUT2D eigenvalue weighted by atomic mass is 10.1. The summed E-state index contributed by atoms with van der Waals surface area (Å²) in [5, 5.41) is 29.7. The van der Waals surface area contributed by atoms with Gasteiger partial charge in [-0.05, 0) is 36.2 Å². The van der Waals surface area contributed by atoms with Crippen molar-refractivity contribution in [1.82, 2.24) is 0 Å². The van der Waals surface area contributed by atoms with Gasteiger partial charge in [0, 0.05) is 18.6 Å². The topological polar surface area (TPSA) is 145 Å². The molecule has 0 aliphatic carbocycles. The number of nitrogens with two attached hydrogens (primary N) is 1. The van der Waals surface area contributed by atoms with Crippen molar-refractivity contribution in [2.24, 2.45) is 5.73 Å². The van der Waals surface area contributed by atoms with Crippen LogP contribution in [0.5, 0.6) is 11.5 Å². The van der Waals surface area contributed by atoms with Crippen molar-refractivity contribution in [2.75, 3.05) is 13.2 Å². The van der Waals surface area contributed by atoms with Gasteiger partial charge in [0.15, 0.2) is 0 Å². The van der Waals surface area contributed by atoms with Crippen molar-refractivity contribution >= 4 is 11.7 Å². The number of aliphatic hydroxyl groups is 1. The second kappa shape index (κ2) is 10.2. The van der Waals surface area contributed by atoms with Crippen LogP contribution in [0, 0.1) is 10.1 Å². The Hall–Kier alpha value is -3.17. The Bertz CT molecular complexity index is 778. The van der Waals surface area contributed by atoms with Gasteiger partial charge < -0.3 is 25.4 Å². The van der Waals surface area contributed by atoms with Crippen LogP contribution in [-0.2, 0) is 16.0 Å². The number of hydrogen-bond donors (Lipinski definition) is 3. The Morgan fingerprint density at radius 1 is 1.14 bits per heavy atom. The number of carbonyl (C=O) groups excluding carboxylic acids is 1. The summed E-state index contributed by atoms with van der Waals surface area (Å²) in [6.45, 7) is -0.0676. The first-order chi connectivity index (χ1) is 13.3. The van der Waals surface area contributed by atoms with Gasteiger partial charge in [-0.3, -0.25) is 14.9 Å². The monoisotopic (exact) mass is 390 g/mol. The standard InChI is InChI=1S/C19H22N2O7/c20-18(11-13-1-5-15(22)6-2-13)19(24)28-12-16(23)9-10-27-17-7-3-14(4-8-17)21(25)26/h1-8,16,18,22-23H,9-12,20H2/t16?,18-/m0/s1. The summed E-state index contributed by atoms with van der Waals surface area (Å²) in [6, 6.07) is 11.0. The molecule has 9 nitrogen and oxygen atoms in total. The maximum Gasteiger partial charge on any atom is 0.323 e. The van der Waals surface area contributed by atoms with Crippen LogP contribution in [0.1, 0.15) is 12.0 Å². The third-order valence-corrected chi connectivity index (χ3v) is 3.88. The Labute approximate surface area is 161 Å². The van der Waals surface area contributed by atoms with Gasteiger partial charge in [-0.15, -0.1) is 0 Å². The minimum atomic E-state index is -0.928. The highest BCUT2D eigenvalue weighted by Crippen LogP contribution is 2.17. The highest BCUT2D eigenvalue weighted by Gasteiger charge is 2.17. The fourth-order valence-electron chi connectivity index (χ4n) is 2.31. The van der Waals surface area contributed by atoms with E-state index in [-0.39, 0.29) is 37.5 Å². The fraction of sp³-hybridized carbons (Fsp3) is 0.316. The smallest absolute Gasteiger partial charge is 0.323 e. The van der Waals surface area contributed by atoms with E-state index in [1.807, 2.05) is 0 Å². The summed E-state index contributed by atoms with van der Waals surface area (Å²) in [7, 11) is 0. The van der Waals surface area contributed by atoms with E-state index in [0.717, 1.165) is 5.56 Å². The predicted octanol–water partition coefficient (Wildman–Crippen LogP) is 1.54. The quantitative estimate of drug-likeness (QED) is 0.315. The van der Waals surface area contributed by atoms with E-state index < -0.39 is 23.0 Å². The number of phenolic OH excluding ortho intramolecular Hbond substituents is 1. The molecule has 150 valence electrons. The van der Waals surface area contributed by atoms with Crippen LogP contribution in [0.2, 0.25) is 0 Å². The van der Waals surface area contributed by atoms with Crippen LogP contribution in [0.15, 0.2) is 48.5 Å². The highest BCUT2D eigenvalue weighted by molar-refractivity contribution is 5.75. The number of ether oxygens (including phenoxy) is 2. The second-order valence-electron chi connectivity index (χ2n) is 6.15. The van der Waals surface area contributed by atoms with Gasteiger partial charge in [-0.25, -0.2) is 0 Å².